The highest BCUT2D eigenvalue weighted by Crippen LogP contribution is 2.23. The summed E-state index contributed by atoms with van der Waals surface area (Å²) in [7, 11) is -3.56. The van der Waals surface area contributed by atoms with E-state index in [-0.39, 0.29) is 12.0 Å². The lowest BCUT2D eigenvalue weighted by atomic mass is 10.0. The molecule has 1 fully saturated rings. The molecule has 22 heavy (non-hydrogen) atoms. The minimum Gasteiger partial charge on any atom is -0.381 e. The first kappa shape index (κ1) is 17.4. The zero-order chi connectivity index (χ0) is 16.5. The first-order chi connectivity index (χ1) is 10.2. The lowest BCUT2D eigenvalue weighted by molar-refractivity contribution is 0.180. The van der Waals surface area contributed by atoms with E-state index in [1.54, 1.807) is 11.6 Å². The topological polar surface area (TPSA) is 73.2 Å². The van der Waals surface area contributed by atoms with Gasteiger partial charge in [0.05, 0.1) is 18.0 Å². The molecule has 0 radical (unpaired) electrons. The molecule has 1 aromatic rings. The second kappa shape index (κ2) is 6.68. The van der Waals surface area contributed by atoms with Crippen LogP contribution in [-0.2, 0) is 21.3 Å². The zero-order valence-corrected chi connectivity index (χ0v) is 14.9. The van der Waals surface area contributed by atoms with Crippen molar-refractivity contribution in [2.45, 2.75) is 58.5 Å². The van der Waals surface area contributed by atoms with Crippen LogP contribution < -0.4 is 4.72 Å². The molecule has 0 saturated carbocycles. The molecule has 2 rings (SSSR count). The minimum absolute atomic E-state index is 0.139. The summed E-state index contributed by atoms with van der Waals surface area (Å²) in [6.07, 6.45) is 0.897. The van der Waals surface area contributed by atoms with Crippen molar-refractivity contribution >= 4 is 10.0 Å². The maximum atomic E-state index is 12.7. The van der Waals surface area contributed by atoms with Gasteiger partial charge >= 0.3 is 0 Å². The van der Waals surface area contributed by atoms with Gasteiger partial charge in [-0.25, -0.2) is 13.1 Å². The van der Waals surface area contributed by atoms with E-state index in [0.29, 0.717) is 42.0 Å². The fourth-order valence-electron chi connectivity index (χ4n) is 2.94. The van der Waals surface area contributed by atoms with Crippen LogP contribution in [0.25, 0.3) is 0 Å². The van der Waals surface area contributed by atoms with E-state index < -0.39 is 10.0 Å². The monoisotopic (exact) mass is 329 g/mol. The van der Waals surface area contributed by atoms with Crippen LogP contribution in [-0.4, -0.2) is 37.5 Å². The van der Waals surface area contributed by atoms with E-state index in [2.05, 4.69) is 23.7 Å². The molecule has 0 spiro atoms. The van der Waals surface area contributed by atoms with E-state index >= 15 is 0 Å². The van der Waals surface area contributed by atoms with Crippen molar-refractivity contribution in [3.05, 3.63) is 11.4 Å². The summed E-state index contributed by atoms with van der Waals surface area (Å²) in [4.78, 5) is 0.318. The molecule has 1 N–H and O–H groups in total. The van der Waals surface area contributed by atoms with E-state index in [0.717, 1.165) is 6.42 Å². The summed E-state index contributed by atoms with van der Waals surface area (Å²) >= 11 is 0. The van der Waals surface area contributed by atoms with Gasteiger partial charge in [0.25, 0.3) is 0 Å². The quantitative estimate of drug-likeness (QED) is 0.864. The maximum Gasteiger partial charge on any atom is 0.244 e. The first-order valence-electron chi connectivity index (χ1n) is 7.86. The molecule has 7 heteroatoms. The summed E-state index contributed by atoms with van der Waals surface area (Å²) in [5, 5.41) is 4.39. The molecular weight excluding hydrogens is 302 g/mol. The Bertz CT molecular complexity index is 616. The number of nitrogens with one attached hydrogen (secondary N) is 1. The van der Waals surface area contributed by atoms with Crippen LogP contribution >= 0.6 is 0 Å². The smallest absolute Gasteiger partial charge is 0.244 e. The lowest BCUT2D eigenvalue weighted by Gasteiger charge is -2.19. The van der Waals surface area contributed by atoms with Gasteiger partial charge in [-0.3, -0.25) is 4.68 Å². The highest BCUT2D eigenvalue weighted by molar-refractivity contribution is 7.89. The molecule has 1 aromatic heterocycles. The van der Waals surface area contributed by atoms with Crippen molar-refractivity contribution in [1.82, 2.24) is 14.5 Å². The Kier molecular flexibility index (Phi) is 5.29. The number of sulfonamides is 1. The SMILES string of the molecule is Cc1nn(CC(C)C)c(C)c1S(=O)(=O)N[C@@H](C)[C@@H]1CCOC1. The van der Waals surface area contributed by atoms with Crippen LogP contribution in [0.5, 0.6) is 0 Å². The third-order valence-electron chi connectivity index (χ3n) is 4.13. The Morgan fingerprint density at radius 2 is 2.05 bits per heavy atom. The van der Waals surface area contributed by atoms with Gasteiger partial charge in [-0.15, -0.1) is 0 Å². The van der Waals surface area contributed by atoms with Gasteiger partial charge in [0.15, 0.2) is 0 Å². The average molecular weight is 329 g/mol. The molecule has 0 unspecified atom stereocenters. The molecule has 1 aliphatic rings. The third kappa shape index (κ3) is 3.70. The van der Waals surface area contributed by atoms with Crippen LogP contribution in [0.15, 0.2) is 4.90 Å². The Morgan fingerprint density at radius 1 is 1.36 bits per heavy atom. The van der Waals surface area contributed by atoms with Gasteiger partial charge in [-0.2, -0.15) is 5.10 Å². The summed E-state index contributed by atoms with van der Waals surface area (Å²) < 4.78 is 35.4. The number of aryl methyl sites for hydroxylation is 1. The molecule has 0 aromatic carbocycles. The largest absolute Gasteiger partial charge is 0.381 e. The number of nitrogens with zero attached hydrogens (tertiary/aromatic N) is 2. The summed E-state index contributed by atoms with van der Waals surface area (Å²) in [5.74, 6) is 0.650. The standard InChI is InChI=1S/C15H27N3O3S/c1-10(2)8-18-13(5)15(12(4)16-18)22(19,20)17-11(3)14-6-7-21-9-14/h10-11,14,17H,6-9H2,1-5H3/t11-,14+/m0/s1. The Balaban J connectivity index is 2.23. The third-order valence-corrected chi connectivity index (χ3v) is 5.95. The summed E-state index contributed by atoms with van der Waals surface area (Å²) in [6, 6.07) is -0.139. The molecule has 2 atom stereocenters. The molecule has 2 heterocycles. The van der Waals surface area contributed by atoms with Gasteiger partial charge < -0.3 is 4.74 Å². The predicted octanol–water partition coefficient (Wildman–Crippen LogP) is 1.86. The van der Waals surface area contributed by atoms with Gasteiger partial charge in [-0.05, 0) is 33.1 Å². The van der Waals surface area contributed by atoms with Crippen LogP contribution in [0.1, 0.15) is 38.6 Å². The van der Waals surface area contributed by atoms with E-state index in [1.165, 1.54) is 0 Å². The van der Waals surface area contributed by atoms with Crippen molar-refractivity contribution in [3.63, 3.8) is 0 Å². The fraction of sp³-hybridized carbons (Fsp3) is 0.800. The number of rotatable bonds is 6. The van der Waals surface area contributed by atoms with Crippen molar-refractivity contribution in [3.8, 4) is 0 Å². The van der Waals surface area contributed by atoms with Gasteiger partial charge in [0, 0.05) is 25.1 Å². The summed E-state index contributed by atoms with van der Waals surface area (Å²) in [6.45, 7) is 11.7. The number of hydrogen-bond acceptors (Lipinski definition) is 4. The van der Waals surface area contributed by atoms with Crippen LogP contribution in [0.4, 0.5) is 0 Å². The van der Waals surface area contributed by atoms with Crippen LogP contribution in [0.3, 0.4) is 0 Å². The highest BCUT2D eigenvalue weighted by atomic mass is 32.2. The first-order valence-corrected chi connectivity index (χ1v) is 9.34. The molecule has 6 nitrogen and oxygen atoms in total. The second-order valence-corrected chi connectivity index (χ2v) is 8.26. The van der Waals surface area contributed by atoms with E-state index in [1.807, 2.05) is 13.8 Å². The number of hydrogen-bond donors (Lipinski definition) is 1. The van der Waals surface area contributed by atoms with Crippen LogP contribution in [0.2, 0.25) is 0 Å². The number of ether oxygens (including phenoxy) is 1. The molecular formula is C15H27N3O3S. The van der Waals surface area contributed by atoms with Gasteiger partial charge in [-0.1, -0.05) is 13.8 Å². The normalized spacial score (nSPS) is 20.7. The fourth-order valence-corrected chi connectivity index (χ4v) is 4.66. The minimum atomic E-state index is -3.56. The van der Waals surface area contributed by atoms with Gasteiger partial charge in [0.2, 0.25) is 10.0 Å². The van der Waals surface area contributed by atoms with Crippen molar-refractivity contribution < 1.29 is 13.2 Å². The van der Waals surface area contributed by atoms with Crippen molar-refractivity contribution in [1.29, 1.82) is 0 Å². The molecule has 0 amide bonds. The second-order valence-electron chi connectivity index (χ2n) is 6.61. The Labute approximate surface area is 133 Å². The van der Waals surface area contributed by atoms with Crippen molar-refractivity contribution in [2.75, 3.05) is 13.2 Å². The maximum absolute atomic E-state index is 12.7. The van der Waals surface area contributed by atoms with Gasteiger partial charge in [0.1, 0.15) is 4.90 Å². The Morgan fingerprint density at radius 3 is 2.59 bits per heavy atom. The molecule has 126 valence electrons. The highest BCUT2D eigenvalue weighted by Gasteiger charge is 2.30. The molecule has 1 aliphatic heterocycles. The average Bonchev–Trinajstić information content (AvgIpc) is 2.97. The van der Waals surface area contributed by atoms with E-state index in [4.69, 9.17) is 4.74 Å². The van der Waals surface area contributed by atoms with E-state index in [9.17, 15) is 8.42 Å². The lowest BCUT2D eigenvalue weighted by Crippen LogP contribution is -2.38. The molecule has 1 saturated heterocycles. The number of aromatic nitrogens is 2. The predicted molar refractivity (Wildman–Crippen MR) is 85.2 cm³/mol. The molecule has 0 aliphatic carbocycles. The molecule has 0 bridgehead atoms. The zero-order valence-electron chi connectivity index (χ0n) is 14.1. The van der Waals surface area contributed by atoms with Crippen LogP contribution in [0, 0.1) is 25.7 Å². The van der Waals surface area contributed by atoms with Crippen molar-refractivity contribution in [2.24, 2.45) is 11.8 Å². The summed E-state index contributed by atoms with van der Waals surface area (Å²) in [5.41, 5.74) is 1.26. The Hall–Kier alpha value is -0.920.